The van der Waals surface area contributed by atoms with Crippen LogP contribution in [0.25, 0.3) is 11.0 Å². The highest BCUT2D eigenvalue weighted by molar-refractivity contribution is 5.78. The van der Waals surface area contributed by atoms with Gasteiger partial charge in [-0.1, -0.05) is 12.1 Å². The van der Waals surface area contributed by atoms with Gasteiger partial charge in [-0.15, -0.1) is 0 Å². The lowest BCUT2D eigenvalue weighted by molar-refractivity contribution is -0.207. The van der Waals surface area contributed by atoms with Gasteiger partial charge in [0.2, 0.25) is 0 Å². The maximum atomic E-state index is 13.0. The topological polar surface area (TPSA) is 83.8 Å². The number of alkyl halides is 6. The second kappa shape index (κ2) is 6.87. The number of nitrogens with zero attached hydrogens (tertiary/aromatic N) is 3. The highest BCUT2D eigenvalue weighted by Gasteiger charge is 2.43. The lowest BCUT2D eigenvalue weighted by Crippen LogP contribution is -2.22. The number of hydrogen-bond donors (Lipinski definition) is 2. The summed E-state index contributed by atoms with van der Waals surface area (Å²) in [5.41, 5.74) is -2.68. The van der Waals surface area contributed by atoms with Crippen LogP contribution in [-0.2, 0) is 6.18 Å². The molecular formula is C17H14F6N4O2. The first-order valence-electron chi connectivity index (χ1n) is 8.21. The zero-order chi connectivity index (χ0) is 21.7. The van der Waals surface area contributed by atoms with Crippen molar-refractivity contribution in [2.75, 3.05) is 0 Å². The zero-order valence-electron chi connectivity index (χ0n) is 14.9. The highest BCUT2D eigenvalue weighted by atomic mass is 19.4. The lowest BCUT2D eigenvalue weighted by Gasteiger charge is -2.15. The van der Waals surface area contributed by atoms with Crippen molar-refractivity contribution in [3.63, 3.8) is 0 Å². The quantitative estimate of drug-likeness (QED) is 0.634. The minimum absolute atomic E-state index is 0.0938. The molecule has 0 aliphatic carbocycles. The molecule has 3 aromatic rings. The molecular weight excluding hydrogens is 406 g/mol. The van der Waals surface area contributed by atoms with E-state index in [0.29, 0.717) is 0 Å². The second-order valence-electron chi connectivity index (χ2n) is 6.42. The molecule has 0 bridgehead atoms. The average Bonchev–Trinajstić information content (AvgIpc) is 2.98. The monoisotopic (exact) mass is 420 g/mol. The van der Waals surface area contributed by atoms with Crippen LogP contribution in [0.5, 0.6) is 0 Å². The Labute approximate surface area is 158 Å². The molecule has 29 heavy (non-hydrogen) atoms. The SMILES string of the molecule is Cc1nc2c(c(C(O)C(F)(F)F)nn2C(C)c2ccc(C(F)(F)F)cc2)c(=O)[nH]1. The third kappa shape index (κ3) is 3.84. The largest absolute Gasteiger partial charge is 0.420 e. The number of fused-ring (bicyclic) bond motifs is 1. The second-order valence-corrected chi connectivity index (χ2v) is 6.42. The summed E-state index contributed by atoms with van der Waals surface area (Å²) in [7, 11) is 0. The van der Waals surface area contributed by atoms with E-state index in [-0.39, 0.29) is 17.0 Å². The standard InChI is InChI=1S/C17H14F6N4O2/c1-7(9-3-5-10(6-4-9)16(18,19)20)27-14-11(15(29)25-8(2)24-14)12(26-27)13(28)17(21,22)23/h3-7,13,28H,1-2H3,(H,24,25,29). The molecule has 1 aromatic carbocycles. The van der Waals surface area contributed by atoms with Gasteiger partial charge in [0.05, 0.1) is 11.6 Å². The number of halogens is 6. The molecule has 0 aliphatic heterocycles. The van der Waals surface area contributed by atoms with E-state index in [4.69, 9.17) is 0 Å². The van der Waals surface area contributed by atoms with Gasteiger partial charge in [0, 0.05) is 0 Å². The van der Waals surface area contributed by atoms with Gasteiger partial charge in [-0.3, -0.25) is 4.79 Å². The molecule has 0 radical (unpaired) electrons. The molecule has 2 aromatic heterocycles. The fourth-order valence-corrected chi connectivity index (χ4v) is 2.89. The highest BCUT2D eigenvalue weighted by Crippen LogP contribution is 2.36. The van der Waals surface area contributed by atoms with E-state index in [1.807, 2.05) is 0 Å². The van der Waals surface area contributed by atoms with Crippen molar-refractivity contribution in [2.45, 2.75) is 38.3 Å². The Balaban J connectivity index is 2.18. The maximum absolute atomic E-state index is 13.0. The summed E-state index contributed by atoms with van der Waals surface area (Å²) in [4.78, 5) is 18.5. The van der Waals surface area contributed by atoms with Gasteiger partial charge in [0.25, 0.3) is 5.56 Å². The normalized spacial score (nSPS) is 14.9. The molecule has 2 N–H and O–H groups in total. The van der Waals surface area contributed by atoms with E-state index in [1.165, 1.54) is 13.8 Å². The van der Waals surface area contributed by atoms with Crippen molar-refractivity contribution in [2.24, 2.45) is 0 Å². The fraction of sp³-hybridized carbons (Fsp3) is 0.353. The van der Waals surface area contributed by atoms with E-state index in [1.54, 1.807) is 0 Å². The molecule has 2 atom stereocenters. The summed E-state index contributed by atoms with van der Waals surface area (Å²) < 4.78 is 78.3. The number of aliphatic hydroxyl groups excluding tert-OH is 1. The van der Waals surface area contributed by atoms with Gasteiger partial charge in [-0.2, -0.15) is 31.4 Å². The number of hydrogen-bond acceptors (Lipinski definition) is 4. The van der Waals surface area contributed by atoms with Gasteiger partial charge >= 0.3 is 12.4 Å². The van der Waals surface area contributed by atoms with Gasteiger partial charge < -0.3 is 10.1 Å². The van der Waals surface area contributed by atoms with Crippen LogP contribution in [0.1, 0.15) is 41.7 Å². The summed E-state index contributed by atoms with van der Waals surface area (Å²) >= 11 is 0. The molecule has 0 saturated carbocycles. The van der Waals surface area contributed by atoms with E-state index in [2.05, 4.69) is 15.1 Å². The Morgan fingerprint density at radius 3 is 2.21 bits per heavy atom. The minimum atomic E-state index is -5.08. The number of benzene rings is 1. The summed E-state index contributed by atoms with van der Waals surface area (Å²) in [5, 5.41) is 12.8. The van der Waals surface area contributed by atoms with Crippen molar-refractivity contribution in [1.29, 1.82) is 0 Å². The Morgan fingerprint density at radius 2 is 1.69 bits per heavy atom. The molecule has 3 rings (SSSR count). The third-order valence-electron chi connectivity index (χ3n) is 4.36. The summed E-state index contributed by atoms with van der Waals surface area (Å²) in [6.07, 6.45) is -12.7. The first kappa shape index (κ1) is 20.8. The number of aromatic nitrogens is 4. The van der Waals surface area contributed by atoms with E-state index < -0.39 is 46.7 Å². The molecule has 0 saturated heterocycles. The third-order valence-corrected chi connectivity index (χ3v) is 4.36. The Morgan fingerprint density at radius 1 is 1.10 bits per heavy atom. The zero-order valence-corrected chi connectivity index (χ0v) is 14.9. The van der Waals surface area contributed by atoms with E-state index in [9.17, 15) is 36.2 Å². The number of rotatable bonds is 3. The molecule has 0 amide bonds. The van der Waals surface area contributed by atoms with Crippen molar-refractivity contribution in [3.05, 3.63) is 57.3 Å². The fourth-order valence-electron chi connectivity index (χ4n) is 2.89. The predicted octanol–water partition coefficient (Wildman–Crippen LogP) is 3.65. The van der Waals surface area contributed by atoms with Crippen LogP contribution in [0.4, 0.5) is 26.3 Å². The first-order chi connectivity index (χ1) is 13.3. The average molecular weight is 420 g/mol. The van der Waals surface area contributed by atoms with Crippen LogP contribution >= 0.6 is 0 Å². The molecule has 0 aliphatic rings. The van der Waals surface area contributed by atoms with Crippen molar-refractivity contribution >= 4 is 11.0 Å². The summed E-state index contributed by atoms with van der Waals surface area (Å²) in [5.74, 6) is 0.0938. The van der Waals surface area contributed by atoms with Crippen LogP contribution in [0, 0.1) is 6.92 Å². The van der Waals surface area contributed by atoms with Gasteiger partial charge in [0.1, 0.15) is 16.9 Å². The van der Waals surface area contributed by atoms with Gasteiger partial charge in [-0.25, -0.2) is 9.67 Å². The predicted molar refractivity (Wildman–Crippen MR) is 89.2 cm³/mol. The minimum Gasteiger partial charge on any atom is -0.378 e. The summed E-state index contributed by atoms with van der Waals surface area (Å²) in [6, 6.07) is 3.09. The molecule has 2 heterocycles. The van der Waals surface area contributed by atoms with E-state index in [0.717, 1.165) is 28.9 Å². The first-order valence-corrected chi connectivity index (χ1v) is 8.21. The van der Waals surface area contributed by atoms with Crippen molar-refractivity contribution in [3.8, 4) is 0 Å². The van der Waals surface area contributed by atoms with Crippen LogP contribution in [0.3, 0.4) is 0 Å². The van der Waals surface area contributed by atoms with Gasteiger partial charge in [0.15, 0.2) is 11.8 Å². The molecule has 156 valence electrons. The lowest BCUT2D eigenvalue weighted by atomic mass is 10.1. The van der Waals surface area contributed by atoms with Crippen molar-refractivity contribution in [1.82, 2.24) is 19.7 Å². The Bertz CT molecular complexity index is 1100. The number of aliphatic hydroxyl groups is 1. The molecule has 2 unspecified atom stereocenters. The van der Waals surface area contributed by atoms with E-state index >= 15 is 0 Å². The number of aromatic amines is 1. The van der Waals surface area contributed by atoms with Crippen LogP contribution in [0.2, 0.25) is 0 Å². The van der Waals surface area contributed by atoms with Crippen molar-refractivity contribution < 1.29 is 31.4 Å². The van der Waals surface area contributed by atoms with Crippen LogP contribution < -0.4 is 5.56 Å². The number of nitrogens with one attached hydrogen (secondary N) is 1. The Hall–Kier alpha value is -2.89. The molecule has 0 fully saturated rings. The maximum Gasteiger partial charge on any atom is 0.420 e. The van der Waals surface area contributed by atoms with Gasteiger partial charge in [-0.05, 0) is 31.5 Å². The number of H-pyrrole nitrogens is 1. The smallest absolute Gasteiger partial charge is 0.378 e. The molecule has 6 nitrogen and oxygen atoms in total. The number of aryl methyl sites for hydroxylation is 1. The van der Waals surface area contributed by atoms with Crippen LogP contribution in [-0.4, -0.2) is 31.0 Å². The molecule has 12 heteroatoms. The van der Waals surface area contributed by atoms with Crippen LogP contribution in [0.15, 0.2) is 29.1 Å². The Kier molecular flexibility index (Phi) is 4.93. The summed E-state index contributed by atoms with van der Waals surface area (Å²) in [6.45, 7) is 2.87. The molecule has 0 spiro atoms.